The number of aliphatic hydroxyl groups is 1. The van der Waals surface area contributed by atoms with Crippen LogP contribution in [0, 0.1) is 0 Å². The van der Waals surface area contributed by atoms with Crippen molar-refractivity contribution >= 4 is 30.5 Å². The number of carbonyl (C=O) groups is 3. The van der Waals surface area contributed by atoms with Gasteiger partial charge in [0.2, 0.25) is 5.91 Å². The molecule has 35 heavy (non-hydrogen) atoms. The van der Waals surface area contributed by atoms with Gasteiger partial charge >= 0.3 is 12.2 Å². The van der Waals surface area contributed by atoms with E-state index in [1.807, 2.05) is 48.5 Å². The van der Waals surface area contributed by atoms with Gasteiger partial charge in [-0.2, -0.15) is 0 Å². The number of ether oxygens (including phenoxy) is 1. The highest BCUT2D eigenvalue weighted by Gasteiger charge is 2.23. The molecule has 0 aliphatic rings. The molecule has 0 radical (unpaired) electrons. The smallest absolute Gasteiger partial charge is 0.408 e. The maximum Gasteiger partial charge on any atom is 0.408 e. The molecule has 2 aromatic rings. The normalized spacial score (nSPS) is 11.9. The average Bonchev–Trinajstić information content (AvgIpc) is 2.85. The van der Waals surface area contributed by atoms with E-state index in [0.29, 0.717) is 6.42 Å². The first-order valence-corrected chi connectivity index (χ1v) is 11.0. The summed E-state index contributed by atoms with van der Waals surface area (Å²) in [6.07, 6.45) is -2.28. The summed E-state index contributed by atoms with van der Waals surface area (Å²) >= 11 is 0. The quantitative estimate of drug-likeness (QED) is 0.277. The Kier molecular flexibility index (Phi) is 13.8. The molecule has 0 bridgehead atoms. The number of halogens is 1. The molecule has 1 unspecified atom stereocenters. The van der Waals surface area contributed by atoms with Crippen LogP contribution in [0.15, 0.2) is 60.7 Å². The maximum atomic E-state index is 12.6. The molecule has 3 amide bonds. The zero-order valence-corrected chi connectivity index (χ0v) is 20.2. The van der Waals surface area contributed by atoms with Crippen LogP contribution in [0.5, 0.6) is 0 Å². The van der Waals surface area contributed by atoms with Crippen LogP contribution in [0.25, 0.3) is 0 Å². The predicted octanol–water partition coefficient (Wildman–Crippen LogP) is 2.10. The number of carbonyl (C=O) groups excluding carboxylic acids is 2. The van der Waals surface area contributed by atoms with Crippen molar-refractivity contribution in [1.29, 1.82) is 0 Å². The Balaban J connectivity index is 0.00000612. The van der Waals surface area contributed by atoms with Crippen molar-refractivity contribution in [2.45, 2.75) is 38.1 Å². The Labute approximate surface area is 210 Å². The van der Waals surface area contributed by atoms with E-state index in [1.165, 1.54) is 4.90 Å². The minimum absolute atomic E-state index is 0. The Morgan fingerprint density at radius 2 is 1.60 bits per heavy atom. The van der Waals surface area contributed by atoms with Gasteiger partial charge in [-0.05, 0) is 24.0 Å². The summed E-state index contributed by atoms with van der Waals surface area (Å²) in [6.45, 7) is 0.325. The topological polar surface area (TPSA) is 154 Å². The molecule has 11 heteroatoms. The molecular formula is C24H33ClN4O6. The summed E-state index contributed by atoms with van der Waals surface area (Å²) < 4.78 is 5.20. The van der Waals surface area contributed by atoms with Crippen LogP contribution in [0.4, 0.5) is 9.59 Å². The molecule has 2 atom stereocenters. The van der Waals surface area contributed by atoms with Crippen LogP contribution in [-0.4, -0.2) is 65.0 Å². The van der Waals surface area contributed by atoms with Gasteiger partial charge in [-0.15, -0.1) is 12.4 Å². The first-order valence-electron chi connectivity index (χ1n) is 11.0. The zero-order chi connectivity index (χ0) is 24.8. The molecule has 0 heterocycles. The fourth-order valence-electron chi connectivity index (χ4n) is 3.13. The third kappa shape index (κ3) is 11.6. The van der Waals surface area contributed by atoms with E-state index in [4.69, 9.17) is 10.5 Å². The van der Waals surface area contributed by atoms with E-state index in [2.05, 4.69) is 10.6 Å². The fourth-order valence-corrected chi connectivity index (χ4v) is 3.13. The van der Waals surface area contributed by atoms with Crippen molar-refractivity contribution in [2.24, 2.45) is 5.73 Å². The number of benzene rings is 2. The van der Waals surface area contributed by atoms with E-state index in [-0.39, 0.29) is 51.6 Å². The van der Waals surface area contributed by atoms with E-state index >= 15 is 0 Å². The molecule has 0 aliphatic carbocycles. The van der Waals surface area contributed by atoms with Gasteiger partial charge in [0.1, 0.15) is 12.6 Å². The Morgan fingerprint density at radius 1 is 1.00 bits per heavy atom. The minimum atomic E-state index is -1.08. The Bertz CT molecular complexity index is 903. The highest BCUT2D eigenvalue weighted by Crippen LogP contribution is 2.08. The number of carboxylic acid groups (broad SMARTS) is 1. The Morgan fingerprint density at radius 3 is 2.17 bits per heavy atom. The summed E-state index contributed by atoms with van der Waals surface area (Å²) in [5.41, 5.74) is 7.00. The van der Waals surface area contributed by atoms with Gasteiger partial charge in [-0.25, -0.2) is 9.59 Å². The molecule has 0 saturated heterocycles. The Hall–Kier alpha value is -3.34. The molecule has 2 aromatic carbocycles. The molecule has 10 nitrogen and oxygen atoms in total. The lowest BCUT2D eigenvalue weighted by Gasteiger charge is -2.22. The summed E-state index contributed by atoms with van der Waals surface area (Å²) in [5.74, 6) is -0.519. The number of rotatable bonds is 13. The summed E-state index contributed by atoms with van der Waals surface area (Å²) in [5, 5.41) is 24.2. The fraction of sp³-hybridized carbons (Fsp3) is 0.375. The van der Waals surface area contributed by atoms with E-state index in [9.17, 15) is 24.6 Å². The van der Waals surface area contributed by atoms with Crippen LogP contribution in [0.1, 0.15) is 24.0 Å². The van der Waals surface area contributed by atoms with Crippen LogP contribution < -0.4 is 16.4 Å². The second-order valence-corrected chi connectivity index (χ2v) is 7.73. The van der Waals surface area contributed by atoms with Crippen molar-refractivity contribution in [2.75, 3.05) is 19.6 Å². The maximum absolute atomic E-state index is 12.6. The highest BCUT2D eigenvalue weighted by atomic mass is 35.5. The van der Waals surface area contributed by atoms with Crippen molar-refractivity contribution in [3.63, 3.8) is 0 Å². The first kappa shape index (κ1) is 29.7. The van der Waals surface area contributed by atoms with Crippen LogP contribution >= 0.6 is 12.4 Å². The lowest BCUT2D eigenvalue weighted by Crippen LogP contribution is -2.49. The summed E-state index contributed by atoms with van der Waals surface area (Å²) in [7, 11) is 0. The van der Waals surface area contributed by atoms with Gasteiger partial charge in [-0.3, -0.25) is 4.79 Å². The molecular weight excluding hydrogens is 476 g/mol. The second-order valence-electron chi connectivity index (χ2n) is 7.73. The number of nitrogens with two attached hydrogens (primary N) is 1. The molecule has 0 aromatic heterocycles. The number of nitrogens with one attached hydrogen (secondary N) is 2. The number of amides is 3. The standard InChI is InChI=1S/C24H32N4O6.ClH/c25-14-20(29)15-26-22(30)21(27-23(31)34-17-19-10-5-2-6-11-19)12-7-13-28(24(32)33)16-18-8-3-1-4-9-18;/h1-6,8-11,20-21,29H,7,12-17,25H2,(H,26,30)(H,27,31)(H,32,33);1H/t20?,21-;/m0./s1. The zero-order valence-electron chi connectivity index (χ0n) is 19.3. The average molecular weight is 509 g/mol. The third-order valence-corrected chi connectivity index (χ3v) is 5.01. The van der Waals surface area contributed by atoms with Gasteiger partial charge in [0.25, 0.3) is 0 Å². The van der Waals surface area contributed by atoms with E-state index in [0.717, 1.165) is 11.1 Å². The predicted molar refractivity (Wildman–Crippen MR) is 133 cm³/mol. The summed E-state index contributed by atoms with van der Waals surface area (Å²) in [4.78, 5) is 37.8. The van der Waals surface area contributed by atoms with Crippen LogP contribution in [0.2, 0.25) is 0 Å². The molecule has 0 fully saturated rings. The molecule has 2 rings (SSSR count). The van der Waals surface area contributed by atoms with E-state index in [1.54, 1.807) is 12.1 Å². The molecule has 6 N–H and O–H groups in total. The van der Waals surface area contributed by atoms with Gasteiger partial charge in [0.05, 0.1) is 6.10 Å². The SMILES string of the molecule is Cl.NCC(O)CNC(=O)[C@H](CCCN(Cc1ccccc1)C(=O)O)NC(=O)OCc1ccccc1. The largest absolute Gasteiger partial charge is 0.465 e. The number of hydrogen-bond acceptors (Lipinski definition) is 6. The van der Waals surface area contributed by atoms with Crippen molar-refractivity contribution < 1.29 is 29.3 Å². The van der Waals surface area contributed by atoms with Gasteiger partial charge in [-0.1, -0.05) is 60.7 Å². The number of hydrogen-bond donors (Lipinski definition) is 5. The van der Waals surface area contributed by atoms with Crippen molar-refractivity contribution in [1.82, 2.24) is 15.5 Å². The van der Waals surface area contributed by atoms with Crippen LogP contribution in [0.3, 0.4) is 0 Å². The number of aliphatic hydroxyl groups excluding tert-OH is 1. The van der Waals surface area contributed by atoms with E-state index < -0.39 is 30.2 Å². The van der Waals surface area contributed by atoms with Crippen LogP contribution in [-0.2, 0) is 22.7 Å². The lowest BCUT2D eigenvalue weighted by molar-refractivity contribution is -0.123. The number of alkyl carbamates (subject to hydrolysis) is 1. The van der Waals surface area contributed by atoms with Gasteiger partial charge in [0.15, 0.2) is 0 Å². The van der Waals surface area contributed by atoms with Crippen molar-refractivity contribution in [3.8, 4) is 0 Å². The third-order valence-electron chi connectivity index (χ3n) is 5.01. The lowest BCUT2D eigenvalue weighted by atomic mass is 10.1. The van der Waals surface area contributed by atoms with Gasteiger partial charge in [0, 0.05) is 26.2 Å². The first-order chi connectivity index (χ1) is 16.4. The second kappa shape index (κ2) is 16.3. The minimum Gasteiger partial charge on any atom is -0.465 e. The molecule has 0 saturated carbocycles. The summed E-state index contributed by atoms with van der Waals surface area (Å²) in [6, 6.07) is 17.3. The number of nitrogens with zero attached hydrogens (tertiary/aromatic N) is 1. The monoisotopic (exact) mass is 508 g/mol. The molecule has 192 valence electrons. The van der Waals surface area contributed by atoms with Crippen molar-refractivity contribution in [3.05, 3.63) is 71.8 Å². The molecule has 0 spiro atoms. The van der Waals surface area contributed by atoms with Gasteiger partial charge < -0.3 is 36.2 Å². The molecule has 0 aliphatic heterocycles. The highest BCUT2D eigenvalue weighted by molar-refractivity contribution is 5.86.